The van der Waals surface area contributed by atoms with E-state index >= 15 is 0 Å². The van der Waals surface area contributed by atoms with Gasteiger partial charge < -0.3 is 15.3 Å². The van der Waals surface area contributed by atoms with Crippen LogP contribution in [0.15, 0.2) is 35.3 Å². The van der Waals surface area contributed by atoms with Crippen LogP contribution in [0.3, 0.4) is 0 Å². The minimum atomic E-state index is -1.09. The minimum Gasteiger partial charge on any atom is -0.481 e. The first-order valence-corrected chi connectivity index (χ1v) is 2.86. The van der Waals surface area contributed by atoms with Crippen LogP contribution < -0.4 is 0 Å². The Kier molecular flexibility index (Phi) is 1.68. The number of aliphatic carboxylic acids is 1. The van der Waals surface area contributed by atoms with E-state index in [-0.39, 0.29) is 11.1 Å². The maximum absolute atomic E-state index is 10.3. The maximum atomic E-state index is 10.3. The van der Waals surface area contributed by atoms with E-state index in [1.165, 1.54) is 18.2 Å². The number of carboxylic acid groups (broad SMARTS) is 1. The Labute approximate surface area is 62.4 Å². The zero-order valence-electron chi connectivity index (χ0n) is 5.48. The summed E-state index contributed by atoms with van der Waals surface area (Å²) in [5, 5.41) is 25.4. The van der Waals surface area contributed by atoms with E-state index in [1.54, 1.807) is 0 Å². The van der Waals surface area contributed by atoms with Crippen LogP contribution >= 0.6 is 0 Å². The molecular formula is C7H6O4. The first kappa shape index (κ1) is 7.40. The Bertz CT molecular complexity index is 279. The predicted molar refractivity (Wildman–Crippen MR) is 37.1 cm³/mol. The minimum absolute atomic E-state index is 0.0422. The van der Waals surface area contributed by atoms with E-state index in [1.807, 2.05) is 0 Å². The molecule has 0 aromatic rings. The van der Waals surface area contributed by atoms with Gasteiger partial charge in [-0.2, -0.15) is 0 Å². The van der Waals surface area contributed by atoms with Gasteiger partial charge in [0.15, 0.2) is 0 Å². The second-order valence-electron chi connectivity index (χ2n) is 2.02. The predicted octanol–water partition coefficient (Wildman–Crippen LogP) is 0.895. The maximum Gasteiger partial charge on any atom is 0.335 e. The average Bonchev–Trinajstić information content (AvgIpc) is 2.33. The Morgan fingerprint density at radius 3 is 2.09 bits per heavy atom. The third kappa shape index (κ3) is 1.40. The fourth-order valence-electron chi connectivity index (χ4n) is 0.715. The van der Waals surface area contributed by atoms with Crippen LogP contribution in [-0.4, -0.2) is 21.3 Å². The second kappa shape index (κ2) is 2.49. The van der Waals surface area contributed by atoms with Gasteiger partial charge in [0.25, 0.3) is 5.95 Å². The molecule has 58 valence electrons. The summed E-state index contributed by atoms with van der Waals surface area (Å²) in [4.78, 5) is 10.3. The third-order valence-electron chi connectivity index (χ3n) is 1.26. The van der Waals surface area contributed by atoms with Crippen molar-refractivity contribution in [1.29, 1.82) is 0 Å². The number of carbonyl (C=O) groups is 1. The number of aliphatic hydroxyl groups is 2. The first-order chi connectivity index (χ1) is 5.11. The van der Waals surface area contributed by atoms with Gasteiger partial charge in [-0.05, 0) is 18.2 Å². The van der Waals surface area contributed by atoms with Crippen molar-refractivity contribution in [2.75, 3.05) is 0 Å². The molecule has 0 radical (unpaired) electrons. The number of rotatable bonds is 1. The van der Waals surface area contributed by atoms with Gasteiger partial charge in [-0.3, -0.25) is 0 Å². The zero-order valence-corrected chi connectivity index (χ0v) is 5.48. The van der Waals surface area contributed by atoms with Gasteiger partial charge in [0, 0.05) is 0 Å². The number of carboxylic acids is 1. The molecule has 0 aromatic carbocycles. The summed E-state index contributed by atoms with van der Waals surface area (Å²) in [6, 6.07) is 0. The molecule has 0 aromatic heterocycles. The summed E-state index contributed by atoms with van der Waals surface area (Å²) in [7, 11) is 0. The van der Waals surface area contributed by atoms with Gasteiger partial charge in [0.1, 0.15) is 0 Å². The molecule has 0 unspecified atom stereocenters. The quantitative estimate of drug-likeness (QED) is 0.490. The number of allylic oxidation sites excluding steroid dienone is 3. The summed E-state index contributed by atoms with van der Waals surface area (Å²) in [5.74, 6) is -1.95. The molecule has 0 bridgehead atoms. The number of hydrogen-bond donors (Lipinski definition) is 3. The van der Waals surface area contributed by atoms with Gasteiger partial charge >= 0.3 is 5.97 Å². The highest BCUT2D eigenvalue weighted by atomic mass is 16.5. The SMILES string of the molecule is O=C(O)C1=CC(=C(O)O)C=C1. The lowest BCUT2D eigenvalue weighted by Gasteiger charge is -1.88. The van der Waals surface area contributed by atoms with E-state index in [2.05, 4.69) is 0 Å². The van der Waals surface area contributed by atoms with Gasteiger partial charge in [0.2, 0.25) is 0 Å². The number of hydrogen-bond acceptors (Lipinski definition) is 3. The Morgan fingerprint density at radius 1 is 1.18 bits per heavy atom. The number of aliphatic hydroxyl groups excluding tert-OH is 1. The Hall–Kier alpha value is -1.71. The zero-order chi connectivity index (χ0) is 8.43. The molecule has 1 aliphatic carbocycles. The fourth-order valence-corrected chi connectivity index (χ4v) is 0.715. The van der Waals surface area contributed by atoms with Crippen LogP contribution in [0.4, 0.5) is 0 Å². The van der Waals surface area contributed by atoms with Gasteiger partial charge in [-0.1, -0.05) is 0 Å². The molecule has 0 fully saturated rings. The van der Waals surface area contributed by atoms with Crippen LogP contribution in [0.2, 0.25) is 0 Å². The van der Waals surface area contributed by atoms with E-state index in [0.717, 1.165) is 0 Å². The molecule has 0 saturated heterocycles. The van der Waals surface area contributed by atoms with Crippen LogP contribution in [0.1, 0.15) is 0 Å². The van der Waals surface area contributed by atoms with Crippen LogP contribution in [-0.2, 0) is 4.79 Å². The molecule has 0 heterocycles. The second-order valence-corrected chi connectivity index (χ2v) is 2.02. The summed E-state index contributed by atoms with van der Waals surface area (Å²) >= 11 is 0. The molecule has 3 N–H and O–H groups in total. The van der Waals surface area contributed by atoms with Crippen molar-refractivity contribution < 1.29 is 20.1 Å². The summed E-state index contributed by atoms with van der Waals surface area (Å²) in [6.45, 7) is 0. The molecule has 1 aliphatic rings. The van der Waals surface area contributed by atoms with Gasteiger partial charge in [-0.15, -0.1) is 0 Å². The fraction of sp³-hybridized carbons (Fsp3) is 0. The highest BCUT2D eigenvalue weighted by Gasteiger charge is 2.11. The van der Waals surface area contributed by atoms with Crippen LogP contribution in [0.25, 0.3) is 0 Å². The van der Waals surface area contributed by atoms with E-state index < -0.39 is 11.9 Å². The summed E-state index contributed by atoms with van der Waals surface area (Å²) < 4.78 is 0. The van der Waals surface area contributed by atoms with E-state index in [0.29, 0.717) is 0 Å². The van der Waals surface area contributed by atoms with Gasteiger partial charge in [-0.25, -0.2) is 4.79 Å². The molecule has 11 heavy (non-hydrogen) atoms. The van der Waals surface area contributed by atoms with Crippen molar-refractivity contribution in [2.24, 2.45) is 0 Å². The summed E-state index contributed by atoms with van der Waals surface area (Å²) in [6.07, 6.45) is 3.79. The van der Waals surface area contributed by atoms with Gasteiger partial charge in [0.05, 0.1) is 11.1 Å². The van der Waals surface area contributed by atoms with Crippen molar-refractivity contribution >= 4 is 5.97 Å². The monoisotopic (exact) mass is 154 g/mol. The van der Waals surface area contributed by atoms with E-state index in [9.17, 15) is 4.79 Å². The van der Waals surface area contributed by atoms with Crippen LogP contribution in [0, 0.1) is 0 Å². The van der Waals surface area contributed by atoms with Crippen molar-refractivity contribution in [3.8, 4) is 0 Å². The molecule has 0 spiro atoms. The van der Waals surface area contributed by atoms with E-state index in [4.69, 9.17) is 15.3 Å². The van der Waals surface area contributed by atoms with Crippen molar-refractivity contribution in [1.82, 2.24) is 0 Å². The molecule has 0 atom stereocenters. The molecule has 4 heteroatoms. The lowest BCUT2D eigenvalue weighted by molar-refractivity contribution is -0.132. The molecular weight excluding hydrogens is 148 g/mol. The van der Waals surface area contributed by atoms with Crippen molar-refractivity contribution in [3.05, 3.63) is 35.3 Å². The first-order valence-electron chi connectivity index (χ1n) is 2.86. The molecule has 0 amide bonds. The summed E-state index contributed by atoms with van der Waals surface area (Å²) in [5.41, 5.74) is 0.156. The van der Waals surface area contributed by atoms with Crippen molar-refractivity contribution in [3.63, 3.8) is 0 Å². The molecule has 0 saturated carbocycles. The average molecular weight is 154 g/mol. The smallest absolute Gasteiger partial charge is 0.335 e. The largest absolute Gasteiger partial charge is 0.481 e. The highest BCUT2D eigenvalue weighted by Crippen LogP contribution is 2.16. The molecule has 1 rings (SSSR count). The standard InChI is InChI=1S/C7H6O4/c8-6(9)4-1-2-5(3-4)7(10)11/h1-3,8-9H,(H,10,11). The van der Waals surface area contributed by atoms with Crippen molar-refractivity contribution in [2.45, 2.75) is 0 Å². The third-order valence-corrected chi connectivity index (χ3v) is 1.26. The lowest BCUT2D eigenvalue weighted by atomic mass is 10.3. The Morgan fingerprint density at radius 2 is 1.82 bits per heavy atom. The lowest BCUT2D eigenvalue weighted by Crippen LogP contribution is -1.94. The Balaban J connectivity index is 2.97. The molecule has 0 aliphatic heterocycles. The molecule has 4 nitrogen and oxygen atoms in total. The van der Waals surface area contributed by atoms with Crippen LogP contribution in [0.5, 0.6) is 0 Å². The highest BCUT2D eigenvalue weighted by molar-refractivity contribution is 5.92. The topological polar surface area (TPSA) is 77.8 Å². The normalized spacial score (nSPS) is 14.9.